The van der Waals surface area contributed by atoms with Crippen LogP contribution in [0.4, 0.5) is 5.13 Å². The van der Waals surface area contributed by atoms with Crippen molar-refractivity contribution in [3.63, 3.8) is 0 Å². The molecule has 1 N–H and O–H groups in total. The number of pyridine rings is 1. The molecule has 1 amide bonds. The molecule has 0 saturated heterocycles. The first-order valence-electron chi connectivity index (χ1n) is 6.78. The number of aromatic nitrogens is 3. The van der Waals surface area contributed by atoms with E-state index in [1.54, 1.807) is 6.07 Å². The highest BCUT2D eigenvalue weighted by atomic mass is 32.1. The molecular weight excluding hydrogens is 296 g/mol. The summed E-state index contributed by atoms with van der Waals surface area (Å²) in [4.78, 5) is 16.8. The number of carbonyl (C=O) groups is 1. The number of hydrogen-bond acceptors (Lipinski definition) is 5. The number of nitrogens with zero attached hydrogens (tertiary/aromatic N) is 3. The van der Waals surface area contributed by atoms with E-state index in [1.165, 1.54) is 11.3 Å². The summed E-state index contributed by atoms with van der Waals surface area (Å²) in [5, 5.41) is 11.8. The standard InChI is InChI=1S/C16H14N4OS/c1-10-13(15(21)18-16-20-19-11(2)22-16)8-9-14(17-10)12-6-4-3-5-7-12/h3-9H,1-2H3,(H,18,20,21). The summed E-state index contributed by atoms with van der Waals surface area (Å²) in [5.74, 6) is -0.222. The lowest BCUT2D eigenvalue weighted by molar-refractivity contribution is 0.102. The summed E-state index contributed by atoms with van der Waals surface area (Å²) >= 11 is 1.34. The summed E-state index contributed by atoms with van der Waals surface area (Å²) in [6, 6.07) is 13.5. The molecule has 3 aromatic rings. The molecule has 0 aliphatic carbocycles. The summed E-state index contributed by atoms with van der Waals surface area (Å²) in [5.41, 5.74) is 3.09. The lowest BCUT2D eigenvalue weighted by Gasteiger charge is -2.07. The third-order valence-electron chi connectivity index (χ3n) is 3.15. The SMILES string of the molecule is Cc1nnc(NC(=O)c2ccc(-c3ccccc3)nc2C)s1. The third kappa shape index (κ3) is 3.01. The Balaban J connectivity index is 1.84. The fourth-order valence-electron chi connectivity index (χ4n) is 2.08. The topological polar surface area (TPSA) is 67.8 Å². The van der Waals surface area contributed by atoms with Crippen molar-refractivity contribution < 1.29 is 4.79 Å². The first kappa shape index (κ1) is 14.3. The Morgan fingerprint density at radius 2 is 1.82 bits per heavy atom. The van der Waals surface area contributed by atoms with Gasteiger partial charge in [0.2, 0.25) is 5.13 Å². The number of aryl methyl sites for hydroxylation is 2. The summed E-state index contributed by atoms with van der Waals surface area (Å²) in [6.45, 7) is 3.67. The van der Waals surface area contributed by atoms with Crippen molar-refractivity contribution in [3.8, 4) is 11.3 Å². The number of amides is 1. The zero-order valence-electron chi connectivity index (χ0n) is 12.2. The molecule has 22 heavy (non-hydrogen) atoms. The van der Waals surface area contributed by atoms with E-state index in [1.807, 2.05) is 50.2 Å². The molecule has 110 valence electrons. The zero-order valence-corrected chi connectivity index (χ0v) is 13.0. The van der Waals surface area contributed by atoms with Gasteiger partial charge in [-0.15, -0.1) is 10.2 Å². The lowest BCUT2D eigenvalue weighted by Crippen LogP contribution is -2.14. The van der Waals surface area contributed by atoms with Gasteiger partial charge >= 0.3 is 0 Å². The van der Waals surface area contributed by atoms with Crippen molar-refractivity contribution in [1.29, 1.82) is 0 Å². The predicted octanol–water partition coefficient (Wildman–Crippen LogP) is 3.47. The van der Waals surface area contributed by atoms with Crippen molar-refractivity contribution >= 4 is 22.4 Å². The monoisotopic (exact) mass is 310 g/mol. The molecular formula is C16H14N4OS. The molecule has 0 saturated carbocycles. The van der Waals surface area contributed by atoms with Crippen LogP contribution in [0.15, 0.2) is 42.5 Å². The van der Waals surface area contributed by atoms with Crippen LogP contribution >= 0.6 is 11.3 Å². The Morgan fingerprint density at radius 3 is 2.45 bits per heavy atom. The summed E-state index contributed by atoms with van der Waals surface area (Å²) in [6.07, 6.45) is 0. The summed E-state index contributed by atoms with van der Waals surface area (Å²) in [7, 11) is 0. The van der Waals surface area contributed by atoms with E-state index in [9.17, 15) is 4.79 Å². The van der Waals surface area contributed by atoms with Gasteiger partial charge in [-0.25, -0.2) is 0 Å². The number of nitrogens with one attached hydrogen (secondary N) is 1. The Hall–Kier alpha value is -2.60. The highest BCUT2D eigenvalue weighted by molar-refractivity contribution is 7.15. The lowest BCUT2D eigenvalue weighted by atomic mass is 10.1. The zero-order chi connectivity index (χ0) is 15.5. The molecule has 0 unspecified atom stereocenters. The van der Waals surface area contributed by atoms with Crippen LogP contribution in [-0.4, -0.2) is 21.1 Å². The second-order valence-electron chi connectivity index (χ2n) is 4.78. The molecule has 0 radical (unpaired) electrons. The molecule has 0 aliphatic heterocycles. The number of anilines is 1. The average Bonchev–Trinajstić information content (AvgIpc) is 2.93. The highest BCUT2D eigenvalue weighted by Gasteiger charge is 2.13. The van der Waals surface area contributed by atoms with Gasteiger partial charge in [0.15, 0.2) is 0 Å². The van der Waals surface area contributed by atoms with Crippen LogP contribution in [0.3, 0.4) is 0 Å². The second kappa shape index (κ2) is 6.03. The third-order valence-corrected chi connectivity index (χ3v) is 3.90. The van der Waals surface area contributed by atoms with Crippen LogP contribution in [0.5, 0.6) is 0 Å². The van der Waals surface area contributed by atoms with E-state index in [-0.39, 0.29) is 5.91 Å². The quantitative estimate of drug-likeness (QED) is 0.804. The molecule has 2 aromatic heterocycles. The second-order valence-corrected chi connectivity index (χ2v) is 5.96. The maximum Gasteiger partial charge on any atom is 0.259 e. The van der Waals surface area contributed by atoms with Crippen LogP contribution in [-0.2, 0) is 0 Å². The number of carbonyl (C=O) groups excluding carboxylic acids is 1. The largest absolute Gasteiger partial charge is 0.296 e. The van der Waals surface area contributed by atoms with Gasteiger partial charge in [0.05, 0.1) is 17.0 Å². The van der Waals surface area contributed by atoms with Crippen molar-refractivity contribution in [3.05, 3.63) is 58.7 Å². The molecule has 0 bridgehead atoms. The van der Waals surface area contributed by atoms with Crippen LogP contribution in [0.1, 0.15) is 21.1 Å². The minimum absolute atomic E-state index is 0.222. The Morgan fingerprint density at radius 1 is 1.05 bits per heavy atom. The van der Waals surface area contributed by atoms with Gasteiger partial charge in [-0.3, -0.25) is 15.1 Å². The minimum Gasteiger partial charge on any atom is -0.296 e. The maximum absolute atomic E-state index is 12.3. The van der Waals surface area contributed by atoms with E-state index >= 15 is 0 Å². The van der Waals surface area contributed by atoms with Gasteiger partial charge in [0.1, 0.15) is 5.01 Å². The van der Waals surface area contributed by atoms with Gasteiger partial charge in [-0.05, 0) is 26.0 Å². The first-order chi connectivity index (χ1) is 10.6. The van der Waals surface area contributed by atoms with Crippen molar-refractivity contribution in [2.45, 2.75) is 13.8 Å². The van der Waals surface area contributed by atoms with Crippen molar-refractivity contribution in [2.75, 3.05) is 5.32 Å². The van der Waals surface area contributed by atoms with E-state index in [0.29, 0.717) is 16.4 Å². The van der Waals surface area contributed by atoms with Gasteiger partial charge < -0.3 is 0 Å². The first-order valence-corrected chi connectivity index (χ1v) is 7.59. The number of benzene rings is 1. The molecule has 0 atom stereocenters. The molecule has 1 aromatic carbocycles. The molecule has 6 heteroatoms. The van der Waals surface area contributed by atoms with E-state index < -0.39 is 0 Å². The average molecular weight is 310 g/mol. The maximum atomic E-state index is 12.3. The van der Waals surface area contributed by atoms with Crippen LogP contribution in [0.2, 0.25) is 0 Å². The Kier molecular flexibility index (Phi) is 3.93. The van der Waals surface area contributed by atoms with Crippen LogP contribution in [0, 0.1) is 13.8 Å². The highest BCUT2D eigenvalue weighted by Crippen LogP contribution is 2.20. The molecule has 3 rings (SSSR count). The Labute approximate surface area is 132 Å². The fraction of sp³-hybridized carbons (Fsp3) is 0.125. The molecule has 0 spiro atoms. The van der Waals surface area contributed by atoms with Gasteiger partial charge in [0.25, 0.3) is 5.91 Å². The summed E-state index contributed by atoms with van der Waals surface area (Å²) < 4.78 is 0. The van der Waals surface area contributed by atoms with Crippen molar-refractivity contribution in [1.82, 2.24) is 15.2 Å². The van der Waals surface area contributed by atoms with Gasteiger partial charge in [-0.2, -0.15) is 0 Å². The Bertz CT molecular complexity index is 814. The van der Waals surface area contributed by atoms with E-state index in [0.717, 1.165) is 16.3 Å². The van der Waals surface area contributed by atoms with E-state index in [4.69, 9.17) is 0 Å². The normalized spacial score (nSPS) is 10.5. The fourth-order valence-corrected chi connectivity index (χ4v) is 2.67. The molecule has 0 aliphatic rings. The number of rotatable bonds is 3. The number of hydrogen-bond donors (Lipinski definition) is 1. The van der Waals surface area contributed by atoms with Gasteiger partial charge in [-0.1, -0.05) is 41.7 Å². The van der Waals surface area contributed by atoms with Crippen LogP contribution in [0.25, 0.3) is 11.3 Å². The van der Waals surface area contributed by atoms with Crippen LogP contribution < -0.4 is 5.32 Å². The minimum atomic E-state index is -0.222. The molecule has 5 nitrogen and oxygen atoms in total. The van der Waals surface area contributed by atoms with E-state index in [2.05, 4.69) is 20.5 Å². The molecule has 2 heterocycles. The van der Waals surface area contributed by atoms with Crippen molar-refractivity contribution in [2.24, 2.45) is 0 Å². The molecule has 0 fully saturated rings. The van der Waals surface area contributed by atoms with Gasteiger partial charge in [0, 0.05) is 5.56 Å². The smallest absolute Gasteiger partial charge is 0.259 e. The predicted molar refractivity (Wildman–Crippen MR) is 87.0 cm³/mol.